The Kier molecular flexibility index (Phi) is 5.22. The monoisotopic (exact) mass is 442 g/mol. The lowest BCUT2D eigenvalue weighted by molar-refractivity contribution is -0.146. The van der Waals surface area contributed by atoms with Crippen molar-refractivity contribution < 1.29 is 22.4 Å². The maximum absolute atomic E-state index is 14.0. The van der Waals surface area contributed by atoms with Gasteiger partial charge in [0.05, 0.1) is 10.7 Å². The number of aromatic nitrogens is 4. The number of benzene rings is 1. The van der Waals surface area contributed by atoms with Crippen molar-refractivity contribution in [1.29, 1.82) is 0 Å². The highest BCUT2D eigenvalue weighted by Crippen LogP contribution is 2.29. The molecule has 4 rings (SSSR count). The second-order valence-electron chi connectivity index (χ2n) is 6.83. The second-order valence-corrected chi connectivity index (χ2v) is 7.24. The first-order valence-electron chi connectivity index (χ1n) is 9.03. The number of nitrogens with zero attached hydrogens (tertiary/aromatic N) is 5. The summed E-state index contributed by atoms with van der Waals surface area (Å²) in [6.45, 7) is 0.802. The van der Waals surface area contributed by atoms with E-state index in [9.17, 15) is 22.4 Å². The van der Waals surface area contributed by atoms with Gasteiger partial charge in [-0.25, -0.2) is 4.39 Å². The van der Waals surface area contributed by atoms with Crippen molar-refractivity contribution in [3.63, 3.8) is 0 Å². The molecule has 1 N–H and O–H groups in total. The molecule has 3 aromatic rings. The van der Waals surface area contributed by atoms with Gasteiger partial charge in [0.2, 0.25) is 5.91 Å². The number of amides is 1. The Morgan fingerprint density at radius 3 is 2.57 bits per heavy atom. The van der Waals surface area contributed by atoms with Crippen LogP contribution in [-0.2, 0) is 11.0 Å². The van der Waals surface area contributed by atoms with Crippen molar-refractivity contribution in [3.8, 4) is 0 Å². The van der Waals surface area contributed by atoms with Crippen LogP contribution in [0.1, 0.15) is 18.7 Å². The predicted molar refractivity (Wildman–Crippen MR) is 101 cm³/mol. The summed E-state index contributed by atoms with van der Waals surface area (Å²) in [4.78, 5) is 14.2. The fourth-order valence-electron chi connectivity index (χ4n) is 3.33. The molecule has 1 amide bonds. The van der Waals surface area contributed by atoms with Crippen molar-refractivity contribution in [2.45, 2.75) is 19.0 Å². The quantitative estimate of drug-likeness (QED) is 0.625. The van der Waals surface area contributed by atoms with Crippen LogP contribution in [0.5, 0.6) is 0 Å². The molecule has 0 saturated carbocycles. The van der Waals surface area contributed by atoms with E-state index in [1.807, 2.05) is 0 Å². The van der Waals surface area contributed by atoms with E-state index in [4.69, 9.17) is 11.6 Å². The Morgan fingerprint density at radius 2 is 1.87 bits per heavy atom. The van der Waals surface area contributed by atoms with Gasteiger partial charge < -0.3 is 10.2 Å². The van der Waals surface area contributed by atoms with Gasteiger partial charge in [-0.3, -0.25) is 4.79 Å². The van der Waals surface area contributed by atoms with Crippen LogP contribution >= 0.6 is 11.6 Å². The summed E-state index contributed by atoms with van der Waals surface area (Å²) in [7, 11) is 0. The summed E-state index contributed by atoms with van der Waals surface area (Å²) in [6, 6.07) is 7.31. The van der Waals surface area contributed by atoms with Crippen LogP contribution < -0.4 is 10.2 Å². The van der Waals surface area contributed by atoms with Crippen LogP contribution in [0, 0.1) is 11.7 Å². The molecule has 1 fully saturated rings. The molecule has 0 radical (unpaired) electrons. The van der Waals surface area contributed by atoms with Crippen LogP contribution in [0.4, 0.5) is 29.1 Å². The number of fused-ring (bicyclic) bond motifs is 1. The average Bonchev–Trinajstić information content (AvgIpc) is 3.15. The maximum Gasteiger partial charge on any atom is 0.453 e. The minimum atomic E-state index is -4.67. The molecule has 0 aliphatic carbocycles. The molecule has 12 heteroatoms. The van der Waals surface area contributed by atoms with Gasteiger partial charge in [0.25, 0.3) is 5.82 Å². The minimum absolute atomic E-state index is 0.00864. The first-order chi connectivity index (χ1) is 14.2. The molecule has 0 bridgehead atoms. The van der Waals surface area contributed by atoms with Crippen LogP contribution in [0.3, 0.4) is 0 Å². The van der Waals surface area contributed by atoms with E-state index in [2.05, 4.69) is 20.6 Å². The zero-order valence-corrected chi connectivity index (χ0v) is 16.1. The smallest absolute Gasteiger partial charge is 0.355 e. The van der Waals surface area contributed by atoms with Crippen LogP contribution in [0.25, 0.3) is 5.65 Å². The van der Waals surface area contributed by atoms with E-state index < -0.39 is 17.8 Å². The van der Waals surface area contributed by atoms with Crippen molar-refractivity contribution in [1.82, 2.24) is 19.8 Å². The Morgan fingerprint density at radius 1 is 1.13 bits per heavy atom. The minimum Gasteiger partial charge on any atom is -0.355 e. The number of carbonyl (C=O) groups excluding carboxylic acids is 1. The standard InChI is InChI=1S/C18H15ClF4N6O/c19-11-2-1-3-12(15(11)20)24-16(30)10-6-8-28(9-7-10)14-5-4-13-25-26-17(18(21,22)23)29(13)27-14/h1-5,10H,6-9H2,(H,24,30). The number of anilines is 2. The topological polar surface area (TPSA) is 75.4 Å². The summed E-state index contributed by atoms with van der Waals surface area (Å²) >= 11 is 5.72. The molecule has 1 aliphatic rings. The van der Waals surface area contributed by atoms with E-state index >= 15 is 0 Å². The third kappa shape index (κ3) is 3.89. The van der Waals surface area contributed by atoms with Gasteiger partial charge in [0, 0.05) is 19.0 Å². The van der Waals surface area contributed by atoms with Gasteiger partial charge in [-0.1, -0.05) is 17.7 Å². The Labute approximate surface area is 172 Å². The number of rotatable bonds is 3. The summed E-state index contributed by atoms with van der Waals surface area (Å²) < 4.78 is 53.8. The Balaban J connectivity index is 1.44. The summed E-state index contributed by atoms with van der Waals surface area (Å²) in [5, 5.41) is 13.1. The van der Waals surface area contributed by atoms with Crippen molar-refractivity contribution >= 4 is 34.7 Å². The fraction of sp³-hybridized carbons (Fsp3) is 0.333. The number of halogens is 5. The average molecular weight is 443 g/mol. The molecular formula is C18H15ClF4N6O. The van der Waals surface area contributed by atoms with E-state index in [1.54, 1.807) is 11.0 Å². The number of hydrogen-bond acceptors (Lipinski definition) is 5. The van der Waals surface area contributed by atoms with E-state index in [-0.39, 0.29) is 28.2 Å². The van der Waals surface area contributed by atoms with E-state index in [1.165, 1.54) is 24.3 Å². The normalized spacial score (nSPS) is 15.6. The summed E-state index contributed by atoms with van der Waals surface area (Å²) in [5.41, 5.74) is -0.00165. The molecule has 0 unspecified atom stereocenters. The molecule has 1 aliphatic heterocycles. The maximum atomic E-state index is 14.0. The largest absolute Gasteiger partial charge is 0.453 e. The Bertz CT molecular complexity index is 1090. The van der Waals surface area contributed by atoms with E-state index in [0.717, 1.165) is 0 Å². The lowest BCUT2D eigenvalue weighted by Gasteiger charge is -2.32. The molecular weight excluding hydrogens is 428 g/mol. The van der Waals surface area contributed by atoms with Gasteiger partial charge in [0.1, 0.15) is 5.82 Å². The van der Waals surface area contributed by atoms with Gasteiger partial charge in [-0.05, 0) is 37.1 Å². The zero-order valence-electron chi connectivity index (χ0n) is 15.3. The zero-order chi connectivity index (χ0) is 21.5. The van der Waals surface area contributed by atoms with Gasteiger partial charge in [-0.15, -0.1) is 15.3 Å². The number of carbonyl (C=O) groups is 1. The number of hydrogen-bond donors (Lipinski definition) is 1. The van der Waals surface area contributed by atoms with Gasteiger partial charge in [-0.2, -0.15) is 17.7 Å². The lowest BCUT2D eigenvalue weighted by atomic mass is 9.96. The van der Waals surface area contributed by atoms with Crippen LogP contribution in [-0.4, -0.2) is 38.8 Å². The number of alkyl halides is 3. The van der Waals surface area contributed by atoms with Crippen molar-refractivity contribution in [2.24, 2.45) is 5.92 Å². The fourth-order valence-corrected chi connectivity index (χ4v) is 3.51. The molecule has 30 heavy (non-hydrogen) atoms. The van der Waals surface area contributed by atoms with Crippen molar-refractivity contribution in [2.75, 3.05) is 23.3 Å². The molecule has 158 valence electrons. The molecule has 1 aromatic carbocycles. The molecule has 0 spiro atoms. The SMILES string of the molecule is O=C(Nc1cccc(Cl)c1F)C1CCN(c2ccc3nnc(C(F)(F)F)n3n2)CC1. The number of piperidine rings is 1. The summed E-state index contributed by atoms with van der Waals surface area (Å²) in [6.07, 6.45) is -3.81. The summed E-state index contributed by atoms with van der Waals surface area (Å²) in [5.74, 6) is -2.28. The predicted octanol–water partition coefficient (Wildman–Crippen LogP) is 3.79. The highest BCUT2D eigenvalue weighted by molar-refractivity contribution is 6.31. The van der Waals surface area contributed by atoms with Crippen molar-refractivity contribution in [3.05, 3.63) is 47.0 Å². The van der Waals surface area contributed by atoms with Gasteiger partial charge >= 0.3 is 6.18 Å². The third-order valence-corrected chi connectivity index (χ3v) is 5.19. The third-order valence-electron chi connectivity index (χ3n) is 4.90. The molecule has 3 heterocycles. The highest BCUT2D eigenvalue weighted by atomic mass is 35.5. The van der Waals surface area contributed by atoms with E-state index in [0.29, 0.717) is 36.3 Å². The number of nitrogens with one attached hydrogen (secondary N) is 1. The van der Waals surface area contributed by atoms with Crippen LogP contribution in [0.2, 0.25) is 5.02 Å². The second kappa shape index (κ2) is 7.71. The van der Waals surface area contributed by atoms with Crippen LogP contribution in [0.15, 0.2) is 30.3 Å². The molecule has 1 saturated heterocycles. The van der Waals surface area contributed by atoms with Gasteiger partial charge in [0.15, 0.2) is 11.5 Å². The first-order valence-corrected chi connectivity index (χ1v) is 9.41. The Hall–Kier alpha value is -2.95. The molecule has 7 nitrogen and oxygen atoms in total. The molecule has 2 aromatic heterocycles. The first kappa shape index (κ1) is 20.3. The lowest BCUT2D eigenvalue weighted by Crippen LogP contribution is -2.39. The molecule has 0 atom stereocenters. The highest BCUT2D eigenvalue weighted by Gasteiger charge is 2.38.